The number of aryl methyl sites for hydroxylation is 1. The second kappa shape index (κ2) is 6.54. The lowest BCUT2D eigenvalue weighted by molar-refractivity contribution is 0.186. The number of urea groups is 1. The predicted octanol–water partition coefficient (Wildman–Crippen LogP) is 2.88. The minimum absolute atomic E-state index is 0.164. The third-order valence-electron chi connectivity index (χ3n) is 4.09. The van der Waals surface area contributed by atoms with Gasteiger partial charge in [-0.25, -0.2) is 13.6 Å². The number of rotatable bonds is 3. The normalized spacial score (nSPS) is 15.1. The van der Waals surface area contributed by atoms with Crippen LogP contribution in [0, 0.1) is 18.6 Å². The van der Waals surface area contributed by atoms with Gasteiger partial charge in [0, 0.05) is 26.1 Å². The summed E-state index contributed by atoms with van der Waals surface area (Å²) in [6.07, 6.45) is 0.950. The van der Waals surface area contributed by atoms with Crippen LogP contribution in [0.3, 0.4) is 0 Å². The molecule has 1 aliphatic rings. The van der Waals surface area contributed by atoms with Gasteiger partial charge in [0.2, 0.25) is 5.89 Å². The van der Waals surface area contributed by atoms with Crippen LogP contribution in [0.4, 0.5) is 13.6 Å². The Morgan fingerprint density at radius 2 is 2.25 bits per heavy atom. The number of nitrogens with zero attached hydrogens (tertiary/aromatic N) is 3. The van der Waals surface area contributed by atoms with Crippen molar-refractivity contribution in [3.8, 4) is 0 Å². The second-order valence-electron chi connectivity index (χ2n) is 5.78. The zero-order valence-corrected chi connectivity index (χ0v) is 13.5. The molecule has 3 rings (SSSR count). The number of benzene rings is 1. The van der Waals surface area contributed by atoms with Gasteiger partial charge in [0.15, 0.2) is 5.82 Å². The van der Waals surface area contributed by atoms with E-state index < -0.39 is 11.6 Å². The molecule has 1 aromatic heterocycles. The zero-order valence-electron chi connectivity index (χ0n) is 13.5. The van der Waals surface area contributed by atoms with E-state index in [1.165, 1.54) is 11.0 Å². The standard InChI is InChI=1S/C16H18F2N4O2/c1-3-14(15-19-9(2)24-21-15)20-16(23)22-5-4-12-10(8-22)6-11(17)7-13(12)18/h6-7,14H,3-5,8H2,1-2H3,(H,20,23)/t14-/m1/s1. The number of halogens is 2. The molecule has 2 heterocycles. The first-order valence-electron chi connectivity index (χ1n) is 7.80. The highest BCUT2D eigenvalue weighted by molar-refractivity contribution is 5.75. The van der Waals surface area contributed by atoms with Gasteiger partial charge >= 0.3 is 6.03 Å². The summed E-state index contributed by atoms with van der Waals surface area (Å²) in [4.78, 5) is 18.1. The van der Waals surface area contributed by atoms with Gasteiger partial charge in [-0.1, -0.05) is 12.1 Å². The number of aromatic nitrogens is 2. The molecule has 0 saturated heterocycles. The van der Waals surface area contributed by atoms with Gasteiger partial charge in [0.25, 0.3) is 0 Å². The Balaban J connectivity index is 1.71. The van der Waals surface area contributed by atoms with Gasteiger partial charge in [0.1, 0.15) is 11.6 Å². The maximum absolute atomic E-state index is 13.8. The van der Waals surface area contributed by atoms with E-state index in [2.05, 4.69) is 15.5 Å². The van der Waals surface area contributed by atoms with E-state index in [9.17, 15) is 13.6 Å². The van der Waals surface area contributed by atoms with Crippen molar-refractivity contribution in [2.24, 2.45) is 0 Å². The number of hydrogen-bond donors (Lipinski definition) is 1. The molecule has 6 nitrogen and oxygen atoms in total. The zero-order chi connectivity index (χ0) is 17.3. The Morgan fingerprint density at radius 3 is 2.92 bits per heavy atom. The Bertz CT molecular complexity index is 763. The van der Waals surface area contributed by atoms with E-state index in [1.807, 2.05) is 6.92 Å². The summed E-state index contributed by atoms with van der Waals surface area (Å²) in [6, 6.07) is 1.46. The van der Waals surface area contributed by atoms with Gasteiger partial charge < -0.3 is 14.7 Å². The summed E-state index contributed by atoms with van der Waals surface area (Å²) in [5.74, 6) is -0.352. The van der Waals surface area contributed by atoms with Crippen LogP contribution in [0.25, 0.3) is 0 Å². The van der Waals surface area contributed by atoms with E-state index in [0.29, 0.717) is 42.2 Å². The molecule has 1 aliphatic heterocycles. The highest BCUT2D eigenvalue weighted by Crippen LogP contribution is 2.24. The van der Waals surface area contributed by atoms with Crippen molar-refractivity contribution in [1.82, 2.24) is 20.4 Å². The molecule has 0 spiro atoms. The van der Waals surface area contributed by atoms with E-state index in [-0.39, 0.29) is 18.6 Å². The van der Waals surface area contributed by atoms with Gasteiger partial charge in [0.05, 0.1) is 6.04 Å². The average Bonchev–Trinajstić information content (AvgIpc) is 2.97. The average molecular weight is 336 g/mol. The SMILES string of the molecule is CC[C@@H](NC(=O)N1CCc2c(F)cc(F)cc2C1)c1noc(C)n1. The largest absolute Gasteiger partial charge is 0.340 e. The summed E-state index contributed by atoms with van der Waals surface area (Å²) < 4.78 is 32.1. The van der Waals surface area contributed by atoms with Crippen LogP contribution in [0.5, 0.6) is 0 Å². The van der Waals surface area contributed by atoms with Crippen LogP contribution in [0.1, 0.15) is 42.2 Å². The molecule has 1 N–H and O–H groups in total. The molecule has 1 atom stereocenters. The van der Waals surface area contributed by atoms with Gasteiger partial charge in [-0.15, -0.1) is 0 Å². The summed E-state index contributed by atoms with van der Waals surface area (Å²) in [6.45, 7) is 4.10. The van der Waals surface area contributed by atoms with Crippen LogP contribution in [-0.2, 0) is 13.0 Å². The lowest BCUT2D eigenvalue weighted by atomic mass is 9.99. The van der Waals surface area contributed by atoms with Crippen LogP contribution in [0.2, 0.25) is 0 Å². The van der Waals surface area contributed by atoms with E-state index in [4.69, 9.17) is 4.52 Å². The Morgan fingerprint density at radius 1 is 1.46 bits per heavy atom. The van der Waals surface area contributed by atoms with Crippen molar-refractivity contribution >= 4 is 6.03 Å². The number of hydrogen-bond acceptors (Lipinski definition) is 4. The van der Waals surface area contributed by atoms with E-state index >= 15 is 0 Å². The first-order chi connectivity index (χ1) is 11.5. The molecule has 0 aliphatic carbocycles. The number of nitrogens with one attached hydrogen (secondary N) is 1. The number of carbonyl (C=O) groups is 1. The van der Waals surface area contributed by atoms with Crippen molar-refractivity contribution in [2.45, 2.75) is 39.3 Å². The fourth-order valence-electron chi connectivity index (χ4n) is 2.83. The molecule has 128 valence electrons. The second-order valence-corrected chi connectivity index (χ2v) is 5.78. The Kier molecular flexibility index (Phi) is 4.46. The first kappa shape index (κ1) is 16.4. The van der Waals surface area contributed by atoms with Crippen molar-refractivity contribution in [3.05, 3.63) is 46.6 Å². The quantitative estimate of drug-likeness (QED) is 0.935. The summed E-state index contributed by atoms with van der Waals surface area (Å²) >= 11 is 0. The third-order valence-corrected chi connectivity index (χ3v) is 4.09. The van der Waals surface area contributed by atoms with Crippen LogP contribution >= 0.6 is 0 Å². The molecule has 0 radical (unpaired) electrons. The molecule has 8 heteroatoms. The number of fused-ring (bicyclic) bond motifs is 1. The van der Waals surface area contributed by atoms with E-state index in [1.54, 1.807) is 6.92 Å². The molecule has 24 heavy (non-hydrogen) atoms. The first-order valence-corrected chi connectivity index (χ1v) is 7.80. The van der Waals surface area contributed by atoms with Crippen molar-refractivity contribution in [3.63, 3.8) is 0 Å². The molecule has 2 amide bonds. The van der Waals surface area contributed by atoms with Crippen molar-refractivity contribution in [2.75, 3.05) is 6.54 Å². The van der Waals surface area contributed by atoms with Crippen LogP contribution in [-0.4, -0.2) is 27.6 Å². The maximum Gasteiger partial charge on any atom is 0.318 e. The molecule has 1 aromatic carbocycles. The summed E-state index contributed by atoms with van der Waals surface area (Å²) in [5.41, 5.74) is 0.971. The molecular weight excluding hydrogens is 318 g/mol. The highest BCUT2D eigenvalue weighted by Gasteiger charge is 2.26. The molecule has 0 fully saturated rings. The van der Waals surface area contributed by atoms with Crippen molar-refractivity contribution < 1.29 is 18.1 Å². The van der Waals surface area contributed by atoms with Crippen LogP contribution < -0.4 is 5.32 Å². The van der Waals surface area contributed by atoms with Crippen molar-refractivity contribution in [1.29, 1.82) is 0 Å². The minimum atomic E-state index is -0.637. The molecular formula is C16H18F2N4O2. The number of amides is 2. The lowest BCUT2D eigenvalue weighted by Gasteiger charge is -2.30. The smallest absolute Gasteiger partial charge is 0.318 e. The minimum Gasteiger partial charge on any atom is -0.340 e. The van der Waals surface area contributed by atoms with Gasteiger partial charge in [-0.3, -0.25) is 0 Å². The Labute approximate surface area is 137 Å². The number of carbonyl (C=O) groups excluding carboxylic acids is 1. The molecule has 0 unspecified atom stereocenters. The maximum atomic E-state index is 13.8. The van der Waals surface area contributed by atoms with Crippen LogP contribution in [0.15, 0.2) is 16.7 Å². The topological polar surface area (TPSA) is 71.3 Å². The van der Waals surface area contributed by atoms with E-state index in [0.717, 1.165) is 6.07 Å². The molecule has 0 saturated carbocycles. The molecule has 0 bridgehead atoms. The van der Waals surface area contributed by atoms with Gasteiger partial charge in [-0.2, -0.15) is 4.98 Å². The summed E-state index contributed by atoms with van der Waals surface area (Å²) in [5, 5.41) is 6.67. The monoisotopic (exact) mass is 336 g/mol. The Hall–Kier alpha value is -2.51. The highest BCUT2D eigenvalue weighted by atomic mass is 19.1. The molecule has 2 aromatic rings. The third kappa shape index (κ3) is 3.22. The van der Waals surface area contributed by atoms with Gasteiger partial charge in [-0.05, 0) is 30.0 Å². The lowest BCUT2D eigenvalue weighted by Crippen LogP contribution is -2.44. The fourth-order valence-corrected chi connectivity index (χ4v) is 2.83. The summed E-state index contributed by atoms with van der Waals surface area (Å²) in [7, 11) is 0. The fraction of sp³-hybridized carbons (Fsp3) is 0.438. The predicted molar refractivity (Wildman–Crippen MR) is 81.1 cm³/mol.